The molecule has 1 aliphatic heterocycles. The highest BCUT2D eigenvalue weighted by molar-refractivity contribution is 5.89. The number of benzene rings is 1. The van der Waals surface area contributed by atoms with Gasteiger partial charge in [-0.1, -0.05) is 0 Å². The average Bonchev–Trinajstić information content (AvgIpc) is 2.58. The summed E-state index contributed by atoms with van der Waals surface area (Å²) in [6.07, 6.45) is 5.75. The molecular formula is C17H20N2O5. The maximum atomic E-state index is 12.0. The number of nitro benzene ring substituents is 1. The topological polar surface area (TPSA) is 89.8 Å². The zero-order valence-corrected chi connectivity index (χ0v) is 13.5. The highest BCUT2D eigenvalue weighted by Gasteiger charge is 2.23. The van der Waals surface area contributed by atoms with Crippen molar-refractivity contribution in [1.29, 1.82) is 0 Å². The van der Waals surface area contributed by atoms with Crippen LogP contribution in [0.5, 0.6) is 0 Å². The van der Waals surface area contributed by atoms with Crippen LogP contribution in [0.1, 0.15) is 31.7 Å². The summed E-state index contributed by atoms with van der Waals surface area (Å²) in [6, 6.07) is 5.95. The van der Waals surface area contributed by atoms with Crippen molar-refractivity contribution in [3.63, 3.8) is 0 Å². The van der Waals surface area contributed by atoms with Gasteiger partial charge >= 0.3 is 5.97 Å². The number of non-ortho nitro benzene ring substituents is 1. The van der Waals surface area contributed by atoms with E-state index in [2.05, 4.69) is 0 Å². The number of nitro groups is 1. The summed E-state index contributed by atoms with van der Waals surface area (Å²) in [7, 11) is 0. The molecule has 1 amide bonds. The predicted octanol–water partition coefficient (Wildman–Crippen LogP) is 2.55. The van der Waals surface area contributed by atoms with E-state index in [1.54, 1.807) is 4.90 Å². The van der Waals surface area contributed by atoms with Crippen molar-refractivity contribution in [2.45, 2.75) is 32.2 Å². The molecule has 128 valence electrons. The van der Waals surface area contributed by atoms with E-state index in [1.807, 2.05) is 6.92 Å². The Balaban J connectivity index is 1.82. The van der Waals surface area contributed by atoms with E-state index in [0.29, 0.717) is 12.1 Å². The summed E-state index contributed by atoms with van der Waals surface area (Å²) >= 11 is 0. The predicted molar refractivity (Wildman–Crippen MR) is 88.1 cm³/mol. The Bertz CT molecular complexity index is 639. The molecule has 0 bridgehead atoms. The van der Waals surface area contributed by atoms with E-state index in [0.717, 1.165) is 19.3 Å². The SMILES string of the molecule is C[C@@H]1CCCCN1C(=O)COC(=O)/C=C/c1ccc([N+](=O)[O-])cc1. The number of ether oxygens (including phenoxy) is 1. The third kappa shape index (κ3) is 4.91. The summed E-state index contributed by atoms with van der Waals surface area (Å²) < 4.78 is 4.96. The third-order valence-corrected chi connectivity index (χ3v) is 3.98. The Morgan fingerprint density at radius 2 is 2.04 bits per heavy atom. The van der Waals surface area contributed by atoms with Gasteiger partial charge in [-0.05, 0) is 50.0 Å². The second-order valence-electron chi connectivity index (χ2n) is 5.72. The van der Waals surface area contributed by atoms with Crippen LogP contribution >= 0.6 is 0 Å². The van der Waals surface area contributed by atoms with Crippen LogP contribution in [-0.2, 0) is 14.3 Å². The Morgan fingerprint density at radius 1 is 1.33 bits per heavy atom. The molecular weight excluding hydrogens is 312 g/mol. The summed E-state index contributed by atoms with van der Waals surface area (Å²) in [5.74, 6) is -0.800. The smallest absolute Gasteiger partial charge is 0.331 e. The molecule has 1 aromatic carbocycles. The molecule has 7 nitrogen and oxygen atoms in total. The van der Waals surface area contributed by atoms with Crippen LogP contribution in [0, 0.1) is 10.1 Å². The summed E-state index contributed by atoms with van der Waals surface area (Å²) in [5, 5.41) is 10.6. The van der Waals surface area contributed by atoms with Gasteiger partial charge < -0.3 is 9.64 Å². The molecule has 0 spiro atoms. The lowest BCUT2D eigenvalue weighted by molar-refractivity contribution is -0.384. The number of esters is 1. The largest absolute Gasteiger partial charge is 0.452 e. The molecule has 1 saturated heterocycles. The standard InChI is InChI=1S/C17H20N2O5/c1-13-4-2-3-11-18(13)16(20)12-24-17(21)10-7-14-5-8-15(9-6-14)19(22)23/h5-10,13H,2-4,11-12H2,1H3/b10-7+/t13-/m1/s1. The number of amides is 1. The van der Waals surface area contributed by atoms with E-state index in [4.69, 9.17) is 4.74 Å². The van der Waals surface area contributed by atoms with E-state index in [9.17, 15) is 19.7 Å². The number of likely N-dealkylation sites (tertiary alicyclic amines) is 1. The number of carbonyl (C=O) groups is 2. The van der Waals surface area contributed by atoms with E-state index < -0.39 is 10.9 Å². The number of hydrogen-bond donors (Lipinski definition) is 0. The molecule has 0 unspecified atom stereocenters. The minimum absolute atomic E-state index is 0.0176. The molecule has 2 rings (SSSR count). The molecule has 1 atom stereocenters. The number of carbonyl (C=O) groups excluding carboxylic acids is 2. The van der Waals surface area contributed by atoms with Crippen molar-refractivity contribution >= 4 is 23.6 Å². The molecule has 0 aromatic heterocycles. The zero-order valence-electron chi connectivity index (χ0n) is 13.5. The molecule has 0 aliphatic carbocycles. The molecule has 1 aromatic rings. The Labute approximate surface area is 140 Å². The molecule has 0 radical (unpaired) electrons. The van der Waals surface area contributed by atoms with Gasteiger partial charge in [0, 0.05) is 30.8 Å². The van der Waals surface area contributed by atoms with Crippen LogP contribution < -0.4 is 0 Å². The highest BCUT2D eigenvalue weighted by atomic mass is 16.6. The Kier molecular flexibility index (Phi) is 6.06. The number of hydrogen-bond acceptors (Lipinski definition) is 5. The average molecular weight is 332 g/mol. The van der Waals surface area contributed by atoms with Gasteiger partial charge in [0.25, 0.3) is 11.6 Å². The molecule has 0 saturated carbocycles. The maximum absolute atomic E-state index is 12.0. The van der Waals surface area contributed by atoms with Gasteiger partial charge in [0.15, 0.2) is 6.61 Å². The quantitative estimate of drug-likeness (QED) is 0.358. The minimum Gasteiger partial charge on any atom is -0.452 e. The summed E-state index contributed by atoms with van der Waals surface area (Å²) in [6.45, 7) is 2.43. The van der Waals surface area contributed by atoms with Crippen LogP contribution in [0.4, 0.5) is 5.69 Å². The van der Waals surface area contributed by atoms with Gasteiger partial charge in [0.05, 0.1) is 4.92 Å². The number of nitrogens with zero attached hydrogens (tertiary/aromatic N) is 2. The van der Waals surface area contributed by atoms with Crippen molar-refractivity contribution < 1.29 is 19.2 Å². The van der Waals surface area contributed by atoms with Crippen LogP contribution in [-0.4, -0.2) is 40.9 Å². The second kappa shape index (κ2) is 8.24. The second-order valence-corrected chi connectivity index (χ2v) is 5.72. The fraction of sp³-hybridized carbons (Fsp3) is 0.412. The summed E-state index contributed by atoms with van der Waals surface area (Å²) in [4.78, 5) is 35.5. The van der Waals surface area contributed by atoms with E-state index in [-0.39, 0.29) is 24.2 Å². The monoisotopic (exact) mass is 332 g/mol. The van der Waals surface area contributed by atoms with Crippen molar-refractivity contribution in [1.82, 2.24) is 4.90 Å². The van der Waals surface area contributed by atoms with Crippen molar-refractivity contribution in [2.75, 3.05) is 13.2 Å². The normalized spacial score (nSPS) is 17.7. The van der Waals surface area contributed by atoms with Gasteiger partial charge in [0.2, 0.25) is 0 Å². The first-order valence-electron chi connectivity index (χ1n) is 7.86. The first-order chi connectivity index (χ1) is 11.5. The minimum atomic E-state index is -0.619. The van der Waals surface area contributed by atoms with Gasteiger partial charge in [-0.3, -0.25) is 14.9 Å². The lowest BCUT2D eigenvalue weighted by Gasteiger charge is -2.33. The summed E-state index contributed by atoms with van der Waals surface area (Å²) in [5.41, 5.74) is 0.615. The fourth-order valence-electron chi connectivity index (χ4n) is 2.60. The Hall–Kier alpha value is -2.70. The number of rotatable bonds is 5. The van der Waals surface area contributed by atoms with Gasteiger partial charge in [-0.25, -0.2) is 4.79 Å². The Morgan fingerprint density at radius 3 is 2.67 bits per heavy atom. The molecule has 24 heavy (non-hydrogen) atoms. The first kappa shape index (κ1) is 17.7. The van der Waals surface area contributed by atoms with Crippen molar-refractivity contribution in [3.8, 4) is 0 Å². The lowest BCUT2D eigenvalue weighted by atomic mass is 10.0. The fourth-order valence-corrected chi connectivity index (χ4v) is 2.60. The first-order valence-corrected chi connectivity index (χ1v) is 7.86. The van der Waals surface area contributed by atoms with E-state index >= 15 is 0 Å². The van der Waals surface area contributed by atoms with Crippen LogP contribution in [0.3, 0.4) is 0 Å². The molecule has 0 N–H and O–H groups in total. The van der Waals surface area contributed by atoms with Crippen molar-refractivity contribution in [2.24, 2.45) is 0 Å². The zero-order chi connectivity index (χ0) is 17.5. The van der Waals surface area contributed by atoms with Crippen molar-refractivity contribution in [3.05, 3.63) is 46.0 Å². The lowest BCUT2D eigenvalue weighted by Crippen LogP contribution is -2.44. The highest BCUT2D eigenvalue weighted by Crippen LogP contribution is 2.16. The van der Waals surface area contributed by atoms with Crippen LogP contribution in [0.15, 0.2) is 30.3 Å². The van der Waals surface area contributed by atoms with Gasteiger partial charge in [-0.15, -0.1) is 0 Å². The van der Waals surface area contributed by atoms with Crippen LogP contribution in [0.25, 0.3) is 6.08 Å². The molecule has 7 heteroatoms. The molecule has 1 heterocycles. The molecule has 1 fully saturated rings. The third-order valence-electron chi connectivity index (χ3n) is 3.98. The van der Waals surface area contributed by atoms with Gasteiger partial charge in [-0.2, -0.15) is 0 Å². The maximum Gasteiger partial charge on any atom is 0.331 e. The number of piperidine rings is 1. The van der Waals surface area contributed by atoms with E-state index in [1.165, 1.54) is 36.4 Å². The molecule has 1 aliphatic rings. The van der Waals surface area contributed by atoms with Gasteiger partial charge in [0.1, 0.15) is 0 Å². The van der Waals surface area contributed by atoms with Crippen LogP contribution in [0.2, 0.25) is 0 Å².